The Bertz CT molecular complexity index is 1290. The fourth-order valence-corrected chi connectivity index (χ4v) is 4.68. The van der Waals surface area contributed by atoms with E-state index in [1.54, 1.807) is 25.3 Å². The van der Waals surface area contributed by atoms with Crippen LogP contribution in [0, 0.1) is 0 Å². The lowest BCUT2D eigenvalue weighted by Gasteiger charge is -2.14. The van der Waals surface area contributed by atoms with E-state index in [1.165, 1.54) is 4.90 Å². The molecule has 0 N–H and O–H groups in total. The molecule has 0 aromatic heterocycles. The third-order valence-electron chi connectivity index (χ3n) is 5.35. The van der Waals surface area contributed by atoms with Gasteiger partial charge in [-0.1, -0.05) is 41.9 Å². The molecule has 2 amide bonds. The predicted molar refractivity (Wildman–Crippen MR) is 128 cm³/mol. The van der Waals surface area contributed by atoms with E-state index in [1.807, 2.05) is 48.5 Å². The fraction of sp³-hybridized carbons (Fsp3) is 0.120. The third kappa shape index (κ3) is 4.29. The maximum Gasteiger partial charge on any atom is 0.293 e. The van der Waals surface area contributed by atoms with Gasteiger partial charge in [-0.3, -0.25) is 14.5 Å². The summed E-state index contributed by atoms with van der Waals surface area (Å²) in [6, 6.07) is 18.9. The minimum absolute atomic E-state index is 0.0589. The molecule has 0 bridgehead atoms. The molecular formula is C25H18ClNO5S. The number of methoxy groups -OCH3 is 1. The van der Waals surface area contributed by atoms with Crippen molar-refractivity contribution in [2.24, 2.45) is 0 Å². The van der Waals surface area contributed by atoms with Crippen LogP contribution in [0.25, 0.3) is 17.2 Å². The lowest BCUT2D eigenvalue weighted by molar-refractivity contribution is -0.123. The highest BCUT2D eigenvalue weighted by Gasteiger charge is 2.35. The van der Waals surface area contributed by atoms with Crippen LogP contribution in [0.5, 0.6) is 17.2 Å². The fourth-order valence-electron chi connectivity index (χ4n) is 3.63. The summed E-state index contributed by atoms with van der Waals surface area (Å²) in [4.78, 5) is 27.2. The maximum absolute atomic E-state index is 13.0. The standard InChI is InChI=1S/C25H18ClNO5S/c1-30-19-7-5-16(6-8-19)17-4-2-3-15(9-17)10-23-24(28)27(25(29)33-23)13-18-11-21-22(12-20(18)26)32-14-31-21/h2-12H,13-14H2,1H3/b23-10-. The van der Waals surface area contributed by atoms with Gasteiger partial charge in [-0.15, -0.1) is 0 Å². The number of imide groups is 1. The van der Waals surface area contributed by atoms with Crippen LogP contribution in [0.3, 0.4) is 0 Å². The van der Waals surface area contributed by atoms with E-state index in [9.17, 15) is 9.59 Å². The molecule has 0 unspecified atom stereocenters. The van der Waals surface area contributed by atoms with Gasteiger partial charge in [-0.05, 0) is 64.4 Å². The van der Waals surface area contributed by atoms with Gasteiger partial charge in [0, 0.05) is 11.1 Å². The number of amides is 2. The summed E-state index contributed by atoms with van der Waals surface area (Å²) in [6.45, 7) is 0.179. The van der Waals surface area contributed by atoms with Crippen LogP contribution < -0.4 is 14.2 Å². The third-order valence-corrected chi connectivity index (χ3v) is 6.61. The molecule has 0 spiro atoms. The summed E-state index contributed by atoms with van der Waals surface area (Å²) in [5.74, 6) is 1.53. The van der Waals surface area contributed by atoms with Crippen LogP contribution in [-0.4, -0.2) is 29.9 Å². The van der Waals surface area contributed by atoms with E-state index in [2.05, 4.69) is 0 Å². The highest BCUT2D eigenvalue weighted by atomic mass is 35.5. The van der Waals surface area contributed by atoms with Crippen LogP contribution in [0.15, 0.2) is 65.6 Å². The first-order chi connectivity index (χ1) is 16.0. The van der Waals surface area contributed by atoms with E-state index >= 15 is 0 Å². The van der Waals surface area contributed by atoms with E-state index < -0.39 is 0 Å². The lowest BCUT2D eigenvalue weighted by Crippen LogP contribution is -2.27. The molecule has 0 atom stereocenters. The summed E-state index contributed by atoms with van der Waals surface area (Å²) in [6.07, 6.45) is 1.74. The van der Waals surface area contributed by atoms with Gasteiger partial charge in [-0.25, -0.2) is 0 Å². The predicted octanol–water partition coefficient (Wildman–Crippen LogP) is 5.98. The number of hydrogen-bond donors (Lipinski definition) is 0. The minimum atomic E-state index is -0.353. The number of halogens is 1. The monoisotopic (exact) mass is 479 g/mol. The quantitative estimate of drug-likeness (QED) is 0.419. The molecule has 1 saturated heterocycles. The Labute approximate surface area is 199 Å². The zero-order valence-corrected chi connectivity index (χ0v) is 19.1. The van der Waals surface area contributed by atoms with E-state index in [0.717, 1.165) is 34.2 Å². The zero-order valence-electron chi connectivity index (χ0n) is 17.5. The Morgan fingerprint density at radius 1 is 1.03 bits per heavy atom. The van der Waals surface area contributed by atoms with Crippen molar-refractivity contribution >= 4 is 40.6 Å². The second kappa shape index (κ2) is 8.84. The molecule has 2 aliphatic heterocycles. The van der Waals surface area contributed by atoms with Crippen molar-refractivity contribution in [3.8, 4) is 28.4 Å². The van der Waals surface area contributed by atoms with E-state index in [0.29, 0.717) is 27.0 Å². The number of thioether (sulfide) groups is 1. The van der Waals surface area contributed by atoms with Crippen molar-refractivity contribution in [2.45, 2.75) is 6.54 Å². The van der Waals surface area contributed by atoms with E-state index in [-0.39, 0.29) is 24.5 Å². The molecule has 33 heavy (non-hydrogen) atoms. The van der Waals surface area contributed by atoms with Crippen LogP contribution in [-0.2, 0) is 11.3 Å². The normalized spacial score (nSPS) is 16.1. The van der Waals surface area contributed by atoms with Crippen LogP contribution in [0.4, 0.5) is 4.79 Å². The van der Waals surface area contributed by atoms with Gasteiger partial charge in [0.1, 0.15) is 5.75 Å². The topological polar surface area (TPSA) is 65.1 Å². The Balaban J connectivity index is 1.37. The summed E-state index contributed by atoms with van der Waals surface area (Å²) in [5, 5.41) is 0.0702. The molecule has 0 radical (unpaired) electrons. The molecular weight excluding hydrogens is 462 g/mol. The van der Waals surface area contributed by atoms with Crippen LogP contribution >= 0.6 is 23.4 Å². The molecule has 3 aromatic carbocycles. The first kappa shape index (κ1) is 21.4. The second-order valence-electron chi connectivity index (χ2n) is 7.42. The molecule has 2 aliphatic rings. The van der Waals surface area contributed by atoms with Crippen molar-refractivity contribution in [3.05, 3.63) is 81.7 Å². The second-order valence-corrected chi connectivity index (χ2v) is 8.82. The van der Waals surface area contributed by atoms with Gasteiger partial charge < -0.3 is 14.2 Å². The highest BCUT2D eigenvalue weighted by Crippen LogP contribution is 2.39. The Hall–Kier alpha value is -3.42. The number of hydrogen-bond acceptors (Lipinski definition) is 6. The lowest BCUT2D eigenvalue weighted by atomic mass is 10.0. The molecule has 0 saturated carbocycles. The summed E-state index contributed by atoms with van der Waals surface area (Å²) in [7, 11) is 1.63. The van der Waals surface area contributed by atoms with E-state index in [4.69, 9.17) is 25.8 Å². The van der Waals surface area contributed by atoms with Gasteiger partial charge in [0.25, 0.3) is 11.1 Å². The first-order valence-electron chi connectivity index (χ1n) is 10.1. The number of rotatable bonds is 5. The van der Waals surface area contributed by atoms with Crippen molar-refractivity contribution in [3.63, 3.8) is 0 Å². The van der Waals surface area contributed by atoms with Crippen LogP contribution in [0.2, 0.25) is 5.02 Å². The molecule has 8 heteroatoms. The number of ether oxygens (including phenoxy) is 3. The Morgan fingerprint density at radius 3 is 2.55 bits per heavy atom. The number of fused-ring (bicyclic) bond motifs is 1. The first-order valence-corrected chi connectivity index (χ1v) is 11.3. The van der Waals surface area contributed by atoms with Crippen molar-refractivity contribution in [2.75, 3.05) is 13.9 Å². The molecule has 3 aromatic rings. The number of carbonyl (C=O) groups excluding carboxylic acids is 2. The zero-order chi connectivity index (χ0) is 22.9. The van der Waals surface area contributed by atoms with Gasteiger partial charge in [0.15, 0.2) is 11.5 Å². The average Bonchev–Trinajstić information content (AvgIpc) is 3.38. The SMILES string of the molecule is COc1ccc(-c2cccc(/C=C3\SC(=O)N(Cc4cc5c(cc4Cl)OCO5)C3=O)c2)cc1. The summed E-state index contributed by atoms with van der Waals surface area (Å²) < 4.78 is 15.9. The van der Waals surface area contributed by atoms with Crippen molar-refractivity contribution in [1.82, 2.24) is 4.90 Å². The van der Waals surface area contributed by atoms with Gasteiger partial charge in [0.05, 0.1) is 18.6 Å². The molecule has 166 valence electrons. The molecule has 5 rings (SSSR count). The number of nitrogens with zero attached hydrogens (tertiary/aromatic N) is 1. The molecule has 6 nitrogen and oxygen atoms in total. The van der Waals surface area contributed by atoms with Crippen molar-refractivity contribution < 1.29 is 23.8 Å². The molecule has 2 heterocycles. The molecule has 0 aliphatic carbocycles. The van der Waals surface area contributed by atoms with Gasteiger partial charge in [0.2, 0.25) is 6.79 Å². The summed E-state index contributed by atoms with van der Waals surface area (Å²) in [5.41, 5.74) is 3.47. The smallest absolute Gasteiger partial charge is 0.293 e. The van der Waals surface area contributed by atoms with Gasteiger partial charge in [-0.2, -0.15) is 0 Å². The van der Waals surface area contributed by atoms with Gasteiger partial charge >= 0.3 is 0 Å². The Kier molecular flexibility index (Phi) is 5.74. The molecule has 1 fully saturated rings. The number of benzene rings is 3. The number of carbonyl (C=O) groups is 2. The maximum atomic E-state index is 13.0. The minimum Gasteiger partial charge on any atom is -0.497 e. The average molecular weight is 480 g/mol. The summed E-state index contributed by atoms with van der Waals surface area (Å²) >= 11 is 7.25. The van der Waals surface area contributed by atoms with Crippen molar-refractivity contribution in [1.29, 1.82) is 0 Å². The Morgan fingerprint density at radius 2 is 1.79 bits per heavy atom. The largest absolute Gasteiger partial charge is 0.497 e. The van der Waals surface area contributed by atoms with Crippen LogP contribution in [0.1, 0.15) is 11.1 Å². The highest BCUT2D eigenvalue weighted by molar-refractivity contribution is 8.18.